The lowest BCUT2D eigenvalue weighted by atomic mass is 9.96. The van der Waals surface area contributed by atoms with Crippen LogP contribution in [0.5, 0.6) is 11.5 Å². The minimum atomic E-state index is -0.796. The Balaban J connectivity index is 1.61. The first-order chi connectivity index (χ1) is 18.5. The molecule has 0 saturated heterocycles. The number of hydrogen-bond donors (Lipinski definition) is 1. The molecule has 202 valence electrons. The second kappa shape index (κ2) is 13.3. The molecular formula is C31H36F2N2O3. The van der Waals surface area contributed by atoms with Crippen molar-refractivity contribution in [3.8, 4) is 22.6 Å². The number of amides is 2. The maximum absolute atomic E-state index is 14.4. The Bertz CT molecular complexity index is 1220. The average molecular weight is 523 g/mol. The molecule has 1 aliphatic rings. The van der Waals surface area contributed by atoms with Crippen LogP contribution >= 0.6 is 0 Å². The Morgan fingerprint density at radius 2 is 1.76 bits per heavy atom. The Morgan fingerprint density at radius 1 is 1.00 bits per heavy atom. The van der Waals surface area contributed by atoms with E-state index in [0.717, 1.165) is 85.3 Å². The van der Waals surface area contributed by atoms with Gasteiger partial charge in [0, 0.05) is 18.2 Å². The van der Waals surface area contributed by atoms with Gasteiger partial charge in [-0.1, -0.05) is 56.9 Å². The van der Waals surface area contributed by atoms with Gasteiger partial charge in [0.15, 0.2) is 0 Å². The summed E-state index contributed by atoms with van der Waals surface area (Å²) in [4.78, 5) is 15.3. The highest BCUT2D eigenvalue weighted by atomic mass is 19.1. The number of fused-ring (bicyclic) bond motifs is 1. The van der Waals surface area contributed by atoms with Gasteiger partial charge in [0.1, 0.15) is 23.1 Å². The van der Waals surface area contributed by atoms with Crippen molar-refractivity contribution in [3.05, 3.63) is 77.9 Å². The predicted octanol–water partition coefficient (Wildman–Crippen LogP) is 8.36. The van der Waals surface area contributed by atoms with Crippen molar-refractivity contribution in [3.63, 3.8) is 0 Å². The van der Waals surface area contributed by atoms with Gasteiger partial charge in [0.25, 0.3) is 0 Å². The summed E-state index contributed by atoms with van der Waals surface area (Å²) in [5.41, 5.74) is 2.95. The van der Waals surface area contributed by atoms with E-state index in [2.05, 4.69) is 12.2 Å². The molecule has 2 amide bonds. The Labute approximate surface area is 223 Å². The van der Waals surface area contributed by atoms with Gasteiger partial charge in [0.2, 0.25) is 0 Å². The van der Waals surface area contributed by atoms with Crippen molar-refractivity contribution < 1.29 is 23.0 Å². The van der Waals surface area contributed by atoms with E-state index in [1.165, 1.54) is 6.07 Å². The minimum Gasteiger partial charge on any atom is -0.497 e. The van der Waals surface area contributed by atoms with E-state index in [-0.39, 0.29) is 11.7 Å². The second-order valence-corrected chi connectivity index (χ2v) is 9.65. The van der Waals surface area contributed by atoms with E-state index in [1.807, 2.05) is 42.5 Å². The van der Waals surface area contributed by atoms with Gasteiger partial charge in [-0.15, -0.1) is 0 Å². The number of anilines is 1. The lowest BCUT2D eigenvalue weighted by molar-refractivity contribution is 0.181. The molecule has 1 heterocycles. The first kappa shape index (κ1) is 27.4. The highest BCUT2D eigenvalue weighted by Gasteiger charge is 2.30. The standard InChI is InChI=1S/C31H36F2N2O3/c1-3-4-5-6-7-18-35(31(36)34-28-17-13-24(32)21-27(28)33)29-9-8-19-38-30-20-23(12-16-26(29)30)22-10-14-25(37-2)15-11-22/h10-17,20-21,29H,3-9,18-19H2,1-2H3,(H,34,36). The number of methoxy groups -OCH3 is 1. The van der Waals surface area contributed by atoms with E-state index in [4.69, 9.17) is 9.47 Å². The highest BCUT2D eigenvalue weighted by molar-refractivity contribution is 5.90. The number of benzene rings is 3. The number of rotatable bonds is 10. The zero-order valence-electron chi connectivity index (χ0n) is 22.1. The molecule has 0 radical (unpaired) electrons. The molecule has 4 rings (SSSR count). The van der Waals surface area contributed by atoms with Crippen LogP contribution in [0.15, 0.2) is 60.7 Å². The van der Waals surface area contributed by atoms with E-state index in [1.54, 1.807) is 12.0 Å². The molecule has 0 spiro atoms. The van der Waals surface area contributed by atoms with Crippen molar-refractivity contribution >= 4 is 11.7 Å². The molecule has 0 fully saturated rings. The third-order valence-corrected chi connectivity index (χ3v) is 6.99. The smallest absolute Gasteiger partial charge is 0.322 e. The zero-order valence-corrected chi connectivity index (χ0v) is 22.1. The van der Waals surface area contributed by atoms with Gasteiger partial charge < -0.3 is 19.7 Å². The molecule has 0 aromatic heterocycles. The van der Waals surface area contributed by atoms with Crippen LogP contribution in [-0.4, -0.2) is 31.2 Å². The minimum absolute atomic E-state index is 0.0349. The Hall–Kier alpha value is -3.61. The highest BCUT2D eigenvalue weighted by Crippen LogP contribution is 2.39. The van der Waals surface area contributed by atoms with Crippen molar-refractivity contribution in [2.75, 3.05) is 25.6 Å². The lowest BCUT2D eigenvalue weighted by Gasteiger charge is -2.32. The summed E-state index contributed by atoms with van der Waals surface area (Å²) in [5.74, 6) is 0.0568. The fraction of sp³-hybridized carbons (Fsp3) is 0.387. The van der Waals surface area contributed by atoms with Crippen LogP contribution in [0.2, 0.25) is 0 Å². The van der Waals surface area contributed by atoms with E-state index in [9.17, 15) is 13.6 Å². The number of hydrogen-bond acceptors (Lipinski definition) is 3. The first-order valence-corrected chi connectivity index (χ1v) is 13.4. The monoisotopic (exact) mass is 522 g/mol. The van der Waals surface area contributed by atoms with Crippen LogP contribution < -0.4 is 14.8 Å². The van der Waals surface area contributed by atoms with Crippen LogP contribution in [0, 0.1) is 11.6 Å². The van der Waals surface area contributed by atoms with E-state index < -0.39 is 17.7 Å². The molecule has 1 unspecified atom stereocenters. The molecule has 1 aliphatic heterocycles. The molecule has 0 bridgehead atoms. The van der Waals surface area contributed by atoms with Crippen LogP contribution in [0.3, 0.4) is 0 Å². The van der Waals surface area contributed by atoms with Gasteiger partial charge in [0.05, 0.1) is 25.4 Å². The number of carbonyl (C=O) groups excluding carboxylic acids is 1. The van der Waals surface area contributed by atoms with Crippen LogP contribution in [0.1, 0.15) is 63.5 Å². The number of carbonyl (C=O) groups is 1. The number of nitrogens with zero attached hydrogens (tertiary/aromatic N) is 1. The Morgan fingerprint density at radius 3 is 2.50 bits per heavy atom. The fourth-order valence-electron chi connectivity index (χ4n) is 4.90. The summed E-state index contributed by atoms with van der Waals surface area (Å²) >= 11 is 0. The number of halogens is 2. The third-order valence-electron chi connectivity index (χ3n) is 6.99. The summed E-state index contributed by atoms with van der Waals surface area (Å²) in [5, 5.41) is 2.68. The molecule has 3 aromatic rings. The summed E-state index contributed by atoms with van der Waals surface area (Å²) < 4.78 is 39.2. The van der Waals surface area contributed by atoms with E-state index in [0.29, 0.717) is 13.2 Å². The zero-order chi connectivity index (χ0) is 26.9. The number of ether oxygens (including phenoxy) is 2. The summed E-state index contributed by atoms with van der Waals surface area (Å²) in [7, 11) is 1.64. The van der Waals surface area contributed by atoms with Gasteiger partial charge >= 0.3 is 6.03 Å². The van der Waals surface area contributed by atoms with Gasteiger partial charge in [-0.25, -0.2) is 13.6 Å². The maximum Gasteiger partial charge on any atom is 0.322 e. The molecule has 0 aliphatic carbocycles. The normalized spacial score (nSPS) is 14.7. The molecular weight excluding hydrogens is 486 g/mol. The first-order valence-electron chi connectivity index (χ1n) is 13.4. The predicted molar refractivity (Wildman–Crippen MR) is 147 cm³/mol. The average Bonchev–Trinajstić information content (AvgIpc) is 3.14. The quantitative estimate of drug-likeness (QED) is 0.272. The molecule has 5 nitrogen and oxygen atoms in total. The third kappa shape index (κ3) is 6.82. The van der Waals surface area contributed by atoms with Crippen molar-refractivity contribution in [2.45, 2.75) is 57.9 Å². The molecule has 7 heteroatoms. The van der Waals surface area contributed by atoms with Crippen molar-refractivity contribution in [1.82, 2.24) is 4.90 Å². The number of nitrogens with one attached hydrogen (secondary N) is 1. The molecule has 1 atom stereocenters. The summed E-state index contributed by atoms with van der Waals surface area (Å²) in [6.07, 6.45) is 6.75. The number of urea groups is 1. The van der Waals surface area contributed by atoms with E-state index >= 15 is 0 Å². The Kier molecular flexibility index (Phi) is 9.57. The van der Waals surface area contributed by atoms with Crippen LogP contribution in [0.4, 0.5) is 19.3 Å². The summed E-state index contributed by atoms with van der Waals surface area (Å²) in [6, 6.07) is 16.5. The summed E-state index contributed by atoms with van der Waals surface area (Å²) in [6.45, 7) is 3.25. The SMILES string of the molecule is CCCCCCCN(C(=O)Nc1ccc(F)cc1F)C1CCCOc2cc(-c3ccc(OC)cc3)ccc21. The van der Waals surface area contributed by atoms with Crippen LogP contribution in [0.25, 0.3) is 11.1 Å². The van der Waals surface area contributed by atoms with Crippen molar-refractivity contribution in [1.29, 1.82) is 0 Å². The van der Waals surface area contributed by atoms with Crippen LogP contribution in [-0.2, 0) is 0 Å². The largest absolute Gasteiger partial charge is 0.497 e. The second-order valence-electron chi connectivity index (χ2n) is 9.65. The number of unbranched alkanes of at least 4 members (excludes halogenated alkanes) is 4. The van der Waals surface area contributed by atoms with Gasteiger partial charge in [-0.05, 0) is 60.7 Å². The van der Waals surface area contributed by atoms with Crippen molar-refractivity contribution in [2.24, 2.45) is 0 Å². The topological polar surface area (TPSA) is 50.8 Å². The van der Waals surface area contributed by atoms with Gasteiger partial charge in [-0.2, -0.15) is 0 Å². The maximum atomic E-state index is 14.4. The van der Waals surface area contributed by atoms with Gasteiger partial charge in [-0.3, -0.25) is 0 Å². The lowest BCUT2D eigenvalue weighted by Crippen LogP contribution is -2.39. The molecule has 3 aromatic carbocycles. The molecule has 0 saturated carbocycles. The molecule has 38 heavy (non-hydrogen) atoms. The fourth-order valence-corrected chi connectivity index (χ4v) is 4.90. The molecule has 1 N–H and O–H groups in total.